The highest BCUT2D eigenvalue weighted by Gasteiger charge is 2.38. The van der Waals surface area contributed by atoms with Crippen molar-refractivity contribution >= 4 is 15.9 Å². The Kier molecular flexibility index (Phi) is 5.14. The van der Waals surface area contributed by atoms with Gasteiger partial charge in [-0.3, -0.25) is 0 Å². The average Bonchev–Trinajstić information content (AvgIpc) is 2.96. The topological polar surface area (TPSA) is 43.9 Å². The normalized spacial score (nSPS) is 20.0. The van der Waals surface area contributed by atoms with E-state index in [9.17, 15) is 8.42 Å². The molecule has 0 saturated carbocycles. The van der Waals surface area contributed by atoms with Gasteiger partial charge in [0.2, 0.25) is 0 Å². The zero-order valence-corrected chi connectivity index (χ0v) is 15.0. The van der Waals surface area contributed by atoms with Gasteiger partial charge < -0.3 is 4.90 Å². The number of rotatable bonds is 5. The van der Waals surface area contributed by atoms with Crippen molar-refractivity contribution in [3.05, 3.63) is 29.8 Å². The average molecular weight is 325 g/mol. The predicted molar refractivity (Wildman–Crippen MR) is 91.3 cm³/mol. The summed E-state index contributed by atoms with van der Waals surface area (Å²) in [5.74, 6) is 0. The third-order valence-electron chi connectivity index (χ3n) is 4.36. The summed E-state index contributed by atoms with van der Waals surface area (Å²) >= 11 is 0. The van der Waals surface area contributed by atoms with Crippen LogP contribution in [0.4, 0.5) is 5.69 Å². The van der Waals surface area contributed by atoms with Crippen LogP contribution in [-0.2, 0) is 10.2 Å². The molecule has 1 unspecified atom stereocenters. The highest BCUT2D eigenvalue weighted by Crippen LogP contribution is 2.36. The number of hydrogen-bond donors (Lipinski definition) is 0. The van der Waals surface area contributed by atoms with Crippen molar-refractivity contribution in [3.63, 3.8) is 0 Å². The number of nitrogens with zero attached hydrogens (tertiary/aromatic N) is 3. The first-order valence-electron chi connectivity index (χ1n) is 7.77. The Morgan fingerprint density at radius 2 is 1.91 bits per heavy atom. The zero-order valence-electron chi connectivity index (χ0n) is 14.2. The van der Waals surface area contributed by atoms with Crippen LogP contribution in [-0.4, -0.2) is 50.8 Å². The number of benzene rings is 1. The Hall–Kier alpha value is -1.11. The van der Waals surface area contributed by atoms with E-state index in [1.807, 2.05) is 51.0 Å². The fourth-order valence-electron chi connectivity index (χ4n) is 2.79. The van der Waals surface area contributed by atoms with Gasteiger partial charge in [-0.2, -0.15) is 17.0 Å². The van der Waals surface area contributed by atoms with Crippen LogP contribution in [0.2, 0.25) is 0 Å². The molecule has 1 atom stereocenters. The molecule has 2 rings (SSSR count). The molecule has 0 spiro atoms. The summed E-state index contributed by atoms with van der Waals surface area (Å²) in [6.07, 6.45) is 1.78. The molecule has 0 aliphatic carbocycles. The Labute approximate surface area is 134 Å². The first-order valence-corrected chi connectivity index (χ1v) is 9.17. The molecule has 1 fully saturated rings. The van der Waals surface area contributed by atoms with Gasteiger partial charge in [0.15, 0.2) is 0 Å². The lowest BCUT2D eigenvalue weighted by Crippen LogP contribution is -2.44. The maximum atomic E-state index is 12.8. The molecule has 1 aromatic carbocycles. The highest BCUT2D eigenvalue weighted by molar-refractivity contribution is 7.86. The van der Waals surface area contributed by atoms with Crippen LogP contribution in [0.5, 0.6) is 0 Å². The molecule has 1 saturated heterocycles. The van der Waals surface area contributed by atoms with Gasteiger partial charge in [0, 0.05) is 39.4 Å². The Bertz CT molecular complexity index is 614. The lowest BCUT2D eigenvalue weighted by Gasteiger charge is -2.31. The van der Waals surface area contributed by atoms with E-state index in [1.54, 1.807) is 11.4 Å². The molecule has 0 aromatic heterocycles. The van der Waals surface area contributed by atoms with Crippen LogP contribution in [0.15, 0.2) is 24.3 Å². The standard InChI is InChI=1S/C16H27N3O2S/c1-13(2)18(5)22(20,21)19-11-7-10-16(19)14-8-6-9-15(12-14)17(3)4/h6,8-9,12-13,16H,7,10-11H2,1-5H3. The van der Waals surface area contributed by atoms with E-state index in [2.05, 4.69) is 6.07 Å². The molecular weight excluding hydrogens is 298 g/mol. The molecule has 124 valence electrons. The van der Waals surface area contributed by atoms with Crippen LogP contribution in [0.3, 0.4) is 0 Å². The highest BCUT2D eigenvalue weighted by atomic mass is 32.2. The summed E-state index contributed by atoms with van der Waals surface area (Å²) in [5.41, 5.74) is 2.17. The summed E-state index contributed by atoms with van der Waals surface area (Å²) in [6, 6.07) is 8.05. The largest absolute Gasteiger partial charge is 0.378 e. The van der Waals surface area contributed by atoms with Gasteiger partial charge in [-0.25, -0.2) is 0 Å². The SMILES string of the molecule is CC(C)N(C)S(=O)(=O)N1CCCC1c1cccc(N(C)C)c1. The third kappa shape index (κ3) is 3.29. The first-order chi connectivity index (χ1) is 10.2. The second-order valence-corrected chi connectivity index (χ2v) is 8.32. The van der Waals surface area contributed by atoms with Gasteiger partial charge >= 0.3 is 0 Å². The maximum absolute atomic E-state index is 12.8. The van der Waals surface area contributed by atoms with E-state index in [4.69, 9.17) is 0 Å². The zero-order chi connectivity index (χ0) is 16.5. The molecule has 6 heteroatoms. The fourth-order valence-corrected chi connectivity index (χ4v) is 4.56. The first kappa shape index (κ1) is 17.2. The number of anilines is 1. The van der Waals surface area contributed by atoms with Crippen molar-refractivity contribution in [2.24, 2.45) is 0 Å². The minimum atomic E-state index is -3.42. The van der Waals surface area contributed by atoms with Crippen molar-refractivity contribution < 1.29 is 8.42 Å². The van der Waals surface area contributed by atoms with Crippen LogP contribution < -0.4 is 4.90 Å². The Balaban J connectivity index is 2.33. The van der Waals surface area contributed by atoms with Crippen LogP contribution in [0.1, 0.15) is 38.3 Å². The summed E-state index contributed by atoms with van der Waals surface area (Å²) in [4.78, 5) is 2.04. The monoisotopic (exact) mass is 325 g/mol. The van der Waals surface area contributed by atoms with E-state index in [1.165, 1.54) is 4.31 Å². The van der Waals surface area contributed by atoms with Crippen LogP contribution in [0.25, 0.3) is 0 Å². The van der Waals surface area contributed by atoms with Crippen molar-refractivity contribution in [2.75, 3.05) is 32.6 Å². The molecule has 0 radical (unpaired) electrons. The van der Waals surface area contributed by atoms with Crippen molar-refractivity contribution in [2.45, 2.75) is 38.8 Å². The van der Waals surface area contributed by atoms with Gasteiger partial charge in [0.1, 0.15) is 0 Å². The summed E-state index contributed by atoms with van der Waals surface area (Å²) in [6.45, 7) is 4.39. The smallest absolute Gasteiger partial charge is 0.282 e. The van der Waals surface area contributed by atoms with Crippen molar-refractivity contribution in [1.82, 2.24) is 8.61 Å². The van der Waals surface area contributed by atoms with E-state index in [-0.39, 0.29) is 12.1 Å². The van der Waals surface area contributed by atoms with E-state index < -0.39 is 10.2 Å². The lowest BCUT2D eigenvalue weighted by molar-refractivity contribution is 0.325. The van der Waals surface area contributed by atoms with Gasteiger partial charge in [0.25, 0.3) is 10.2 Å². The molecule has 0 amide bonds. The second-order valence-electron chi connectivity index (χ2n) is 6.38. The molecule has 1 heterocycles. The Morgan fingerprint density at radius 3 is 2.50 bits per heavy atom. The molecule has 22 heavy (non-hydrogen) atoms. The predicted octanol–water partition coefficient (Wildman–Crippen LogP) is 2.47. The Morgan fingerprint density at radius 1 is 1.23 bits per heavy atom. The third-order valence-corrected chi connectivity index (χ3v) is 6.54. The van der Waals surface area contributed by atoms with Gasteiger partial charge in [-0.1, -0.05) is 12.1 Å². The molecule has 1 aliphatic rings. The van der Waals surface area contributed by atoms with Crippen molar-refractivity contribution in [1.29, 1.82) is 0 Å². The second kappa shape index (κ2) is 6.56. The molecule has 0 bridgehead atoms. The minimum absolute atomic E-state index is 0.0423. The molecule has 1 aromatic rings. The molecule has 1 aliphatic heterocycles. The van der Waals surface area contributed by atoms with Crippen molar-refractivity contribution in [3.8, 4) is 0 Å². The van der Waals surface area contributed by atoms with E-state index in [0.29, 0.717) is 6.54 Å². The molecule has 5 nitrogen and oxygen atoms in total. The lowest BCUT2D eigenvalue weighted by atomic mass is 10.0. The fraction of sp³-hybridized carbons (Fsp3) is 0.625. The maximum Gasteiger partial charge on any atom is 0.282 e. The summed E-state index contributed by atoms with van der Waals surface area (Å²) in [7, 11) is 2.23. The van der Waals surface area contributed by atoms with Crippen LogP contribution >= 0.6 is 0 Å². The van der Waals surface area contributed by atoms with Crippen LogP contribution in [0, 0.1) is 0 Å². The minimum Gasteiger partial charge on any atom is -0.378 e. The quantitative estimate of drug-likeness (QED) is 0.835. The summed E-state index contributed by atoms with van der Waals surface area (Å²) < 4.78 is 28.8. The molecular formula is C16H27N3O2S. The van der Waals surface area contributed by atoms with Gasteiger partial charge in [0.05, 0.1) is 6.04 Å². The summed E-state index contributed by atoms with van der Waals surface area (Å²) in [5, 5.41) is 0. The van der Waals surface area contributed by atoms with E-state index in [0.717, 1.165) is 24.1 Å². The van der Waals surface area contributed by atoms with Gasteiger partial charge in [-0.05, 0) is 44.4 Å². The van der Waals surface area contributed by atoms with E-state index >= 15 is 0 Å². The molecule has 0 N–H and O–H groups in total. The van der Waals surface area contributed by atoms with Gasteiger partial charge in [-0.15, -0.1) is 0 Å². The number of hydrogen-bond acceptors (Lipinski definition) is 3.